The van der Waals surface area contributed by atoms with Crippen LogP contribution in [0.3, 0.4) is 0 Å². The van der Waals surface area contributed by atoms with Crippen molar-refractivity contribution in [3.63, 3.8) is 0 Å². The molecule has 0 saturated carbocycles. The van der Waals surface area contributed by atoms with Gasteiger partial charge in [-0.3, -0.25) is 4.79 Å². The first kappa shape index (κ1) is 20.4. The highest BCUT2D eigenvalue weighted by Gasteiger charge is 2.41. The van der Waals surface area contributed by atoms with E-state index in [1.54, 1.807) is 4.90 Å². The number of hydrogen-bond donors (Lipinski definition) is 1. The minimum Gasteiger partial charge on any atom is -0.481 e. The Morgan fingerprint density at radius 1 is 1.07 bits per heavy atom. The molecule has 1 saturated heterocycles. The van der Waals surface area contributed by atoms with Crippen LogP contribution in [0.4, 0.5) is 35.9 Å². The van der Waals surface area contributed by atoms with E-state index in [2.05, 4.69) is 5.32 Å². The molecule has 2 aliphatic heterocycles. The summed E-state index contributed by atoms with van der Waals surface area (Å²) in [7, 11) is 0. The van der Waals surface area contributed by atoms with E-state index in [1.807, 2.05) is 54.3 Å². The average Bonchev–Trinajstić information content (AvgIpc) is 2.74. The summed E-state index contributed by atoms with van der Waals surface area (Å²) >= 11 is 0. The van der Waals surface area contributed by atoms with Gasteiger partial charge in [-0.1, -0.05) is 0 Å². The number of carbonyl (C=O) groups is 1. The van der Waals surface area contributed by atoms with Crippen LogP contribution in [0, 0.1) is 5.92 Å². The van der Waals surface area contributed by atoms with Crippen LogP contribution in [0.15, 0.2) is 42.5 Å². The summed E-state index contributed by atoms with van der Waals surface area (Å²) in [6.07, 6.45) is -3.83. The van der Waals surface area contributed by atoms with E-state index in [4.69, 9.17) is 4.74 Å². The topological polar surface area (TPSA) is 44.8 Å². The van der Waals surface area contributed by atoms with E-state index in [0.717, 1.165) is 22.7 Å². The summed E-state index contributed by atoms with van der Waals surface area (Å²) in [4.78, 5) is 15.6. The fraction of sp³-hybridized carbons (Fsp3) is 0.409. The Bertz CT molecular complexity index is 907. The highest BCUT2D eigenvalue weighted by molar-refractivity contribution is 5.98. The molecule has 1 amide bonds. The molecule has 5 nitrogen and oxygen atoms in total. The van der Waals surface area contributed by atoms with Crippen molar-refractivity contribution in [3.05, 3.63) is 42.5 Å². The summed E-state index contributed by atoms with van der Waals surface area (Å²) in [5, 5.41) is 3.30. The van der Waals surface area contributed by atoms with Crippen molar-refractivity contribution in [1.82, 2.24) is 0 Å². The molecule has 0 spiro atoms. The van der Waals surface area contributed by atoms with Crippen LogP contribution in [0.1, 0.15) is 19.8 Å². The first-order valence-corrected chi connectivity index (χ1v) is 10.1. The number of likely N-dealkylation sites (N-methyl/N-ethyl adjacent to an activating group) is 1. The Balaban J connectivity index is 1.40. The lowest BCUT2D eigenvalue weighted by molar-refractivity contribution is -0.179. The maximum atomic E-state index is 12.8. The molecule has 1 fully saturated rings. The second kappa shape index (κ2) is 8.08. The molecule has 2 aromatic rings. The predicted molar refractivity (Wildman–Crippen MR) is 111 cm³/mol. The molecule has 2 aromatic carbocycles. The molecule has 4 rings (SSSR count). The number of ether oxygens (including phenoxy) is 1. The number of nitrogens with zero attached hydrogens (tertiary/aromatic N) is 2. The molecule has 0 aromatic heterocycles. The van der Waals surface area contributed by atoms with Gasteiger partial charge < -0.3 is 19.9 Å². The smallest absolute Gasteiger partial charge is 0.391 e. The van der Waals surface area contributed by atoms with Gasteiger partial charge in [-0.05, 0) is 56.2 Å². The Labute approximate surface area is 173 Å². The van der Waals surface area contributed by atoms with Gasteiger partial charge in [0.1, 0.15) is 5.75 Å². The summed E-state index contributed by atoms with van der Waals surface area (Å²) in [6.45, 7) is 3.36. The van der Waals surface area contributed by atoms with Gasteiger partial charge in [0, 0.05) is 42.8 Å². The van der Waals surface area contributed by atoms with Crippen LogP contribution in [0.2, 0.25) is 0 Å². The van der Waals surface area contributed by atoms with Crippen molar-refractivity contribution in [3.8, 4) is 5.75 Å². The zero-order chi connectivity index (χ0) is 21.3. The minimum atomic E-state index is -4.10. The van der Waals surface area contributed by atoms with E-state index >= 15 is 0 Å². The number of halogens is 3. The molecule has 160 valence electrons. The van der Waals surface area contributed by atoms with Gasteiger partial charge in [0.2, 0.25) is 0 Å². The van der Waals surface area contributed by atoms with Crippen molar-refractivity contribution in [2.45, 2.75) is 25.9 Å². The van der Waals surface area contributed by atoms with E-state index < -0.39 is 12.1 Å². The zero-order valence-corrected chi connectivity index (χ0v) is 16.7. The van der Waals surface area contributed by atoms with Crippen LogP contribution in [-0.4, -0.2) is 38.3 Å². The van der Waals surface area contributed by atoms with Crippen LogP contribution >= 0.6 is 0 Å². The monoisotopic (exact) mass is 419 g/mol. The van der Waals surface area contributed by atoms with Gasteiger partial charge in [-0.2, -0.15) is 13.2 Å². The fourth-order valence-electron chi connectivity index (χ4n) is 4.02. The number of alkyl halides is 3. The molecular weight excluding hydrogens is 395 g/mol. The van der Waals surface area contributed by atoms with Crippen LogP contribution in [0.25, 0.3) is 0 Å². The molecule has 30 heavy (non-hydrogen) atoms. The molecule has 8 heteroatoms. The molecule has 0 aliphatic carbocycles. The predicted octanol–water partition coefficient (Wildman–Crippen LogP) is 4.95. The molecule has 2 aliphatic rings. The number of fused-ring (bicyclic) bond motifs is 1. The lowest BCUT2D eigenvalue weighted by Gasteiger charge is -2.34. The SMILES string of the molecule is CCN1C(=O)COc2cc(Nc3ccc(N4CCC(C(F)(F)F)CC4)cc3)ccc21. The first-order valence-electron chi connectivity index (χ1n) is 10.1. The van der Waals surface area contributed by atoms with Gasteiger partial charge >= 0.3 is 6.18 Å². The molecule has 1 N–H and O–H groups in total. The third-order valence-electron chi connectivity index (χ3n) is 5.70. The maximum Gasteiger partial charge on any atom is 0.391 e. The van der Waals surface area contributed by atoms with E-state index in [0.29, 0.717) is 25.4 Å². The molecule has 0 bridgehead atoms. The highest BCUT2D eigenvalue weighted by Crippen LogP contribution is 2.37. The Morgan fingerprint density at radius 2 is 1.73 bits per heavy atom. The van der Waals surface area contributed by atoms with Crippen LogP contribution in [-0.2, 0) is 4.79 Å². The number of nitrogens with one attached hydrogen (secondary N) is 1. The van der Waals surface area contributed by atoms with Crippen LogP contribution in [0.5, 0.6) is 5.75 Å². The molecule has 0 atom stereocenters. The number of anilines is 4. The standard InChI is InChI=1S/C22H24F3N3O2/c1-2-28-19-8-5-17(13-20(19)30-14-21(28)29)26-16-3-6-18(7-4-16)27-11-9-15(10-12-27)22(23,24)25/h3-8,13,15,26H,2,9-12,14H2,1H3. The number of carbonyl (C=O) groups excluding carboxylic acids is 1. The summed E-state index contributed by atoms with van der Waals surface area (Å²) in [5.74, 6) is -0.592. The van der Waals surface area contributed by atoms with Gasteiger partial charge in [0.05, 0.1) is 11.6 Å². The molecular formula is C22H24F3N3O2. The first-order chi connectivity index (χ1) is 14.3. The minimum absolute atomic E-state index is 0.0318. The molecule has 2 heterocycles. The van der Waals surface area contributed by atoms with Gasteiger partial charge in [-0.25, -0.2) is 0 Å². The fourth-order valence-corrected chi connectivity index (χ4v) is 4.02. The Hall–Kier alpha value is -2.90. The quantitative estimate of drug-likeness (QED) is 0.761. The second-order valence-electron chi connectivity index (χ2n) is 7.58. The van der Waals surface area contributed by atoms with Crippen molar-refractivity contribution in [2.24, 2.45) is 5.92 Å². The average molecular weight is 419 g/mol. The summed E-state index contributed by atoms with van der Waals surface area (Å²) in [6, 6.07) is 13.3. The molecule has 0 radical (unpaired) electrons. The molecule has 0 unspecified atom stereocenters. The summed E-state index contributed by atoms with van der Waals surface area (Å²) in [5.41, 5.74) is 3.38. The number of benzene rings is 2. The Kier molecular flexibility index (Phi) is 5.49. The highest BCUT2D eigenvalue weighted by atomic mass is 19.4. The van der Waals surface area contributed by atoms with Crippen LogP contribution < -0.4 is 19.9 Å². The lowest BCUT2D eigenvalue weighted by atomic mass is 9.96. The number of hydrogen-bond acceptors (Lipinski definition) is 4. The zero-order valence-electron chi connectivity index (χ0n) is 16.7. The Morgan fingerprint density at radius 3 is 2.37 bits per heavy atom. The third-order valence-corrected chi connectivity index (χ3v) is 5.70. The van der Waals surface area contributed by atoms with Crippen molar-refractivity contribution in [2.75, 3.05) is 41.4 Å². The van der Waals surface area contributed by atoms with Crippen molar-refractivity contribution in [1.29, 1.82) is 0 Å². The van der Waals surface area contributed by atoms with E-state index in [-0.39, 0.29) is 25.4 Å². The lowest BCUT2D eigenvalue weighted by Crippen LogP contribution is -2.38. The van der Waals surface area contributed by atoms with E-state index in [1.165, 1.54) is 0 Å². The normalized spacial score (nSPS) is 17.5. The van der Waals surface area contributed by atoms with Gasteiger partial charge in [0.25, 0.3) is 5.91 Å². The summed E-state index contributed by atoms with van der Waals surface area (Å²) < 4.78 is 44.1. The van der Waals surface area contributed by atoms with Gasteiger partial charge in [0.15, 0.2) is 6.61 Å². The number of piperidine rings is 1. The number of amides is 1. The third kappa shape index (κ3) is 4.17. The van der Waals surface area contributed by atoms with E-state index in [9.17, 15) is 18.0 Å². The second-order valence-corrected chi connectivity index (χ2v) is 7.58. The van der Waals surface area contributed by atoms with Crippen molar-refractivity contribution >= 4 is 28.7 Å². The number of rotatable bonds is 4. The van der Waals surface area contributed by atoms with Crippen molar-refractivity contribution < 1.29 is 22.7 Å². The maximum absolute atomic E-state index is 12.8. The van der Waals surface area contributed by atoms with Gasteiger partial charge in [-0.15, -0.1) is 0 Å². The largest absolute Gasteiger partial charge is 0.481 e.